The van der Waals surface area contributed by atoms with Crippen molar-refractivity contribution in [3.8, 4) is 0 Å². The van der Waals surface area contributed by atoms with E-state index in [2.05, 4.69) is 15.2 Å². The lowest BCUT2D eigenvalue weighted by Crippen LogP contribution is -2.16. The number of hydrogen-bond donors (Lipinski definition) is 2. The number of amides is 1. The zero-order chi connectivity index (χ0) is 19.6. The van der Waals surface area contributed by atoms with Crippen molar-refractivity contribution in [3.05, 3.63) is 71.6 Å². The fourth-order valence-corrected chi connectivity index (χ4v) is 3.42. The number of carbonyl (C=O) groups is 1. The van der Waals surface area contributed by atoms with E-state index in [0.29, 0.717) is 5.76 Å². The van der Waals surface area contributed by atoms with E-state index < -0.39 is 32.5 Å². The van der Waals surface area contributed by atoms with Crippen molar-refractivity contribution in [2.24, 2.45) is 0 Å². The summed E-state index contributed by atoms with van der Waals surface area (Å²) in [6.07, 6.45) is 1.25. The third-order valence-electron chi connectivity index (χ3n) is 3.57. The molecule has 3 aromatic rings. The van der Waals surface area contributed by atoms with Crippen LogP contribution in [0.2, 0.25) is 0 Å². The molecule has 27 heavy (non-hydrogen) atoms. The van der Waals surface area contributed by atoms with E-state index in [-0.39, 0.29) is 16.9 Å². The van der Waals surface area contributed by atoms with Gasteiger partial charge in [0.05, 0.1) is 11.9 Å². The highest BCUT2D eigenvalue weighted by Crippen LogP contribution is 2.23. The van der Waals surface area contributed by atoms with Crippen LogP contribution in [-0.2, 0) is 10.0 Å². The molecular weight excluding hydrogens is 380 g/mol. The first-order valence-electron chi connectivity index (χ1n) is 7.57. The Balaban J connectivity index is 1.82. The number of halogens is 2. The van der Waals surface area contributed by atoms with Crippen LogP contribution < -0.4 is 10.0 Å². The first kappa shape index (κ1) is 18.5. The topological polar surface area (TPSA) is 101 Å². The second-order valence-corrected chi connectivity index (χ2v) is 7.14. The van der Waals surface area contributed by atoms with Gasteiger partial charge in [-0.3, -0.25) is 9.52 Å². The fourth-order valence-electron chi connectivity index (χ4n) is 2.28. The van der Waals surface area contributed by atoms with Gasteiger partial charge in [0.15, 0.2) is 11.6 Å². The summed E-state index contributed by atoms with van der Waals surface area (Å²) in [6, 6.07) is 8.59. The number of anilines is 2. The Morgan fingerprint density at radius 2 is 1.81 bits per heavy atom. The number of nitrogens with one attached hydrogen (secondary N) is 2. The number of nitrogens with zero attached hydrogens (tertiary/aromatic N) is 1. The lowest BCUT2D eigenvalue weighted by atomic mass is 10.2. The molecule has 2 N–H and O–H groups in total. The van der Waals surface area contributed by atoms with Crippen LogP contribution in [0.25, 0.3) is 0 Å². The smallest absolute Gasteiger partial charge is 0.264 e. The number of sulfonamides is 1. The summed E-state index contributed by atoms with van der Waals surface area (Å²) in [4.78, 5) is 11.3. The lowest BCUT2D eigenvalue weighted by Gasteiger charge is -2.11. The van der Waals surface area contributed by atoms with Gasteiger partial charge in [0.25, 0.3) is 15.9 Å². The average Bonchev–Trinajstić information content (AvgIpc) is 3.03. The summed E-state index contributed by atoms with van der Waals surface area (Å²) < 4.78 is 58.7. The molecule has 0 saturated heterocycles. The number of aromatic nitrogens is 1. The van der Waals surface area contributed by atoms with Crippen LogP contribution in [0.3, 0.4) is 0 Å². The minimum absolute atomic E-state index is 0.0542. The highest BCUT2D eigenvalue weighted by atomic mass is 32.2. The van der Waals surface area contributed by atoms with E-state index in [9.17, 15) is 22.0 Å². The van der Waals surface area contributed by atoms with E-state index >= 15 is 0 Å². The number of benzene rings is 2. The van der Waals surface area contributed by atoms with E-state index in [0.717, 1.165) is 18.2 Å². The molecule has 0 aliphatic heterocycles. The standard InChI is InChI=1S/C17H13F2N3O4S/c1-10-13(9-20-26-10)17(23)21-11-4-2-5-12(8-11)22-27(24,25)15-7-3-6-14(18)16(15)19/h2-9,22H,1H3,(H,21,23). The third-order valence-corrected chi connectivity index (χ3v) is 4.97. The van der Waals surface area contributed by atoms with Crippen LogP contribution in [0.4, 0.5) is 20.2 Å². The molecular formula is C17H13F2N3O4S. The molecule has 140 valence electrons. The molecule has 1 heterocycles. The summed E-state index contributed by atoms with van der Waals surface area (Å²) in [6.45, 7) is 1.57. The Morgan fingerprint density at radius 1 is 1.11 bits per heavy atom. The van der Waals surface area contributed by atoms with E-state index in [1.165, 1.54) is 30.5 Å². The maximum absolute atomic E-state index is 13.8. The van der Waals surface area contributed by atoms with E-state index in [1.807, 2.05) is 0 Å². The lowest BCUT2D eigenvalue weighted by molar-refractivity contribution is 0.102. The van der Waals surface area contributed by atoms with E-state index in [1.54, 1.807) is 6.92 Å². The molecule has 0 saturated carbocycles. The molecule has 0 aliphatic carbocycles. The monoisotopic (exact) mass is 393 g/mol. The average molecular weight is 393 g/mol. The molecule has 7 nitrogen and oxygen atoms in total. The fraction of sp³-hybridized carbons (Fsp3) is 0.0588. The second kappa shape index (κ2) is 7.16. The van der Waals surface area contributed by atoms with Crippen LogP contribution in [0.1, 0.15) is 16.1 Å². The Bertz CT molecular complexity index is 1110. The van der Waals surface area contributed by atoms with Gasteiger partial charge in [-0.05, 0) is 37.3 Å². The maximum atomic E-state index is 13.8. The van der Waals surface area contributed by atoms with E-state index in [4.69, 9.17) is 4.52 Å². The Hall–Kier alpha value is -3.27. The molecule has 2 aromatic carbocycles. The van der Waals surface area contributed by atoms with Gasteiger partial charge in [0.2, 0.25) is 0 Å². The Kier molecular flexibility index (Phi) is 4.91. The minimum atomic E-state index is -4.36. The van der Waals surface area contributed by atoms with Gasteiger partial charge < -0.3 is 9.84 Å². The summed E-state index contributed by atoms with van der Waals surface area (Å²) >= 11 is 0. The molecule has 0 aliphatic rings. The van der Waals surface area contributed by atoms with Gasteiger partial charge in [0.1, 0.15) is 16.2 Å². The van der Waals surface area contributed by atoms with Gasteiger partial charge >= 0.3 is 0 Å². The molecule has 0 radical (unpaired) electrons. The maximum Gasteiger partial charge on any atom is 0.264 e. The second-order valence-electron chi connectivity index (χ2n) is 5.49. The van der Waals surface area contributed by atoms with Crippen molar-refractivity contribution in [1.29, 1.82) is 0 Å². The van der Waals surface area contributed by atoms with Gasteiger partial charge in [-0.15, -0.1) is 0 Å². The van der Waals surface area contributed by atoms with Crippen molar-refractivity contribution in [2.45, 2.75) is 11.8 Å². The molecule has 1 aromatic heterocycles. The van der Waals surface area contributed by atoms with Crippen molar-refractivity contribution in [3.63, 3.8) is 0 Å². The largest absolute Gasteiger partial charge is 0.361 e. The number of carbonyl (C=O) groups excluding carboxylic acids is 1. The van der Waals surface area contributed by atoms with Crippen molar-refractivity contribution in [2.75, 3.05) is 10.0 Å². The normalized spacial score (nSPS) is 11.2. The quantitative estimate of drug-likeness (QED) is 0.693. The van der Waals surface area contributed by atoms with Crippen LogP contribution in [0, 0.1) is 18.6 Å². The molecule has 0 atom stereocenters. The zero-order valence-electron chi connectivity index (χ0n) is 13.9. The first-order chi connectivity index (χ1) is 12.8. The van der Waals surface area contributed by atoms with Gasteiger partial charge in [0, 0.05) is 5.69 Å². The minimum Gasteiger partial charge on any atom is -0.361 e. The van der Waals surface area contributed by atoms with Crippen molar-refractivity contribution in [1.82, 2.24) is 5.16 Å². The summed E-state index contributed by atoms with van der Waals surface area (Å²) in [7, 11) is -4.36. The van der Waals surface area contributed by atoms with Crippen LogP contribution in [0.5, 0.6) is 0 Å². The third kappa shape index (κ3) is 3.95. The van der Waals surface area contributed by atoms with Crippen LogP contribution in [0.15, 0.2) is 58.1 Å². The molecule has 0 spiro atoms. The van der Waals surface area contributed by atoms with Crippen molar-refractivity contribution >= 4 is 27.3 Å². The van der Waals surface area contributed by atoms with Crippen molar-refractivity contribution < 1.29 is 26.5 Å². The summed E-state index contributed by atoms with van der Waals surface area (Å²) in [5, 5.41) is 6.07. The molecule has 0 unspecified atom stereocenters. The zero-order valence-corrected chi connectivity index (χ0v) is 14.7. The van der Waals surface area contributed by atoms with Crippen LogP contribution in [-0.4, -0.2) is 19.5 Å². The van der Waals surface area contributed by atoms with Crippen LogP contribution >= 0.6 is 0 Å². The SMILES string of the molecule is Cc1oncc1C(=O)Nc1cccc(NS(=O)(=O)c2cccc(F)c2F)c1. The predicted molar refractivity (Wildman–Crippen MR) is 92.8 cm³/mol. The van der Waals surface area contributed by atoms with Gasteiger partial charge in [-0.25, -0.2) is 17.2 Å². The number of hydrogen-bond acceptors (Lipinski definition) is 5. The summed E-state index contributed by atoms with van der Waals surface area (Å²) in [5.41, 5.74) is 0.557. The highest BCUT2D eigenvalue weighted by molar-refractivity contribution is 7.92. The molecule has 3 rings (SSSR count). The van der Waals surface area contributed by atoms with Gasteiger partial charge in [-0.2, -0.15) is 0 Å². The number of aryl methyl sites for hydroxylation is 1. The first-order valence-corrected chi connectivity index (χ1v) is 9.06. The molecule has 0 fully saturated rings. The molecule has 10 heteroatoms. The van der Waals surface area contributed by atoms with Gasteiger partial charge in [-0.1, -0.05) is 17.3 Å². The highest BCUT2D eigenvalue weighted by Gasteiger charge is 2.22. The molecule has 1 amide bonds. The summed E-state index contributed by atoms with van der Waals surface area (Å²) in [5.74, 6) is -2.92. The Morgan fingerprint density at radius 3 is 2.52 bits per heavy atom. The predicted octanol–water partition coefficient (Wildman–Crippen LogP) is 3.31. The number of rotatable bonds is 5. The Labute approximate surface area is 153 Å². The molecule has 0 bridgehead atoms.